The quantitative estimate of drug-likeness (QED) is 0.794. The summed E-state index contributed by atoms with van der Waals surface area (Å²) >= 11 is 0. The Kier molecular flexibility index (Phi) is 3.92. The third-order valence-corrected chi connectivity index (χ3v) is 4.04. The van der Waals surface area contributed by atoms with Crippen molar-refractivity contribution in [3.63, 3.8) is 0 Å². The number of carbonyl (C=O) groups excluding carboxylic acids is 1. The summed E-state index contributed by atoms with van der Waals surface area (Å²) in [6.45, 7) is 8.81. The van der Waals surface area contributed by atoms with E-state index in [2.05, 4.69) is 24.0 Å². The van der Waals surface area contributed by atoms with Gasteiger partial charge in [-0.15, -0.1) is 0 Å². The van der Waals surface area contributed by atoms with E-state index in [-0.39, 0.29) is 5.97 Å². The van der Waals surface area contributed by atoms with Crippen LogP contribution >= 0.6 is 0 Å². The monoisotopic (exact) mass is 275 g/mol. The molecule has 0 saturated carbocycles. The molecule has 0 aromatic heterocycles. The average molecular weight is 275 g/mol. The fourth-order valence-electron chi connectivity index (χ4n) is 2.86. The number of aryl methyl sites for hydroxylation is 1. The second kappa shape index (κ2) is 5.21. The summed E-state index contributed by atoms with van der Waals surface area (Å²) in [4.78, 5) is 14.9. The van der Waals surface area contributed by atoms with Gasteiger partial charge in [0.15, 0.2) is 0 Å². The molecule has 1 aliphatic rings. The fraction of sp³-hybridized carbons (Fsp3) is 0.588. The smallest absolute Gasteiger partial charge is 0.331 e. The SMILES string of the molecule is CCc1ccccc1[C@]1(C(=O)OC(C)(C)C)CCN1C. The lowest BCUT2D eigenvalue weighted by Crippen LogP contribution is -2.61. The van der Waals surface area contributed by atoms with Crippen molar-refractivity contribution in [2.45, 2.75) is 51.7 Å². The van der Waals surface area contributed by atoms with Crippen LogP contribution in [0.1, 0.15) is 45.2 Å². The summed E-state index contributed by atoms with van der Waals surface area (Å²) in [6, 6.07) is 8.21. The first-order valence-electron chi connectivity index (χ1n) is 7.34. The van der Waals surface area contributed by atoms with Gasteiger partial charge in [0.1, 0.15) is 11.1 Å². The Morgan fingerprint density at radius 3 is 2.45 bits per heavy atom. The number of ether oxygens (including phenoxy) is 1. The predicted molar refractivity (Wildman–Crippen MR) is 80.6 cm³/mol. The molecule has 1 aromatic carbocycles. The van der Waals surface area contributed by atoms with E-state index in [9.17, 15) is 4.79 Å². The topological polar surface area (TPSA) is 29.5 Å². The summed E-state index contributed by atoms with van der Waals surface area (Å²) in [7, 11) is 2.00. The van der Waals surface area contributed by atoms with Gasteiger partial charge >= 0.3 is 5.97 Å². The van der Waals surface area contributed by atoms with Gasteiger partial charge in [0.2, 0.25) is 0 Å². The van der Waals surface area contributed by atoms with Crippen LogP contribution < -0.4 is 0 Å². The third kappa shape index (κ3) is 2.47. The van der Waals surface area contributed by atoms with E-state index in [0.717, 1.165) is 24.9 Å². The highest BCUT2D eigenvalue weighted by molar-refractivity contribution is 5.84. The molecule has 0 spiro atoms. The minimum Gasteiger partial charge on any atom is -0.458 e. The molecule has 2 rings (SSSR count). The highest BCUT2D eigenvalue weighted by Gasteiger charge is 2.53. The van der Waals surface area contributed by atoms with Crippen molar-refractivity contribution in [3.8, 4) is 0 Å². The molecule has 1 heterocycles. The lowest BCUT2D eigenvalue weighted by molar-refractivity contribution is -0.179. The molecule has 1 atom stereocenters. The van der Waals surface area contributed by atoms with E-state index in [1.54, 1.807) is 0 Å². The lowest BCUT2D eigenvalue weighted by atomic mass is 9.76. The Morgan fingerprint density at radius 1 is 1.35 bits per heavy atom. The zero-order chi connectivity index (χ0) is 15.0. The van der Waals surface area contributed by atoms with E-state index in [4.69, 9.17) is 4.74 Å². The van der Waals surface area contributed by atoms with Gasteiger partial charge in [-0.3, -0.25) is 4.90 Å². The van der Waals surface area contributed by atoms with Gasteiger partial charge in [0, 0.05) is 6.54 Å². The van der Waals surface area contributed by atoms with Crippen LogP contribution in [0.3, 0.4) is 0 Å². The van der Waals surface area contributed by atoms with E-state index >= 15 is 0 Å². The van der Waals surface area contributed by atoms with E-state index in [1.165, 1.54) is 5.56 Å². The maximum atomic E-state index is 12.8. The largest absolute Gasteiger partial charge is 0.458 e. The van der Waals surface area contributed by atoms with Crippen molar-refractivity contribution in [3.05, 3.63) is 35.4 Å². The predicted octanol–water partition coefficient (Wildman–Crippen LogP) is 3.12. The number of likely N-dealkylation sites (tertiary alicyclic amines) is 1. The molecular weight excluding hydrogens is 250 g/mol. The standard InChI is InChI=1S/C17H25NO2/c1-6-13-9-7-8-10-14(13)17(11-12-18(17)5)15(19)20-16(2,3)4/h7-10H,6,11-12H2,1-5H3/t17-/m0/s1. The Morgan fingerprint density at radius 2 is 2.00 bits per heavy atom. The van der Waals surface area contributed by atoms with Crippen LogP contribution in [0.2, 0.25) is 0 Å². The van der Waals surface area contributed by atoms with Gasteiger partial charge in [-0.05, 0) is 51.8 Å². The molecule has 1 aliphatic heterocycles. The molecule has 3 nitrogen and oxygen atoms in total. The van der Waals surface area contributed by atoms with Gasteiger partial charge < -0.3 is 4.74 Å². The second-order valence-electron chi connectivity index (χ2n) is 6.54. The number of benzene rings is 1. The van der Waals surface area contributed by atoms with Crippen molar-refractivity contribution >= 4 is 5.97 Å². The van der Waals surface area contributed by atoms with E-state index in [1.807, 2.05) is 40.0 Å². The van der Waals surface area contributed by atoms with Gasteiger partial charge in [-0.25, -0.2) is 4.79 Å². The number of rotatable bonds is 3. The summed E-state index contributed by atoms with van der Waals surface area (Å²) in [5.41, 5.74) is 1.28. The average Bonchev–Trinajstić information content (AvgIpc) is 2.36. The number of nitrogens with zero attached hydrogens (tertiary/aromatic N) is 1. The molecule has 0 unspecified atom stereocenters. The van der Waals surface area contributed by atoms with Crippen molar-refractivity contribution in [1.82, 2.24) is 4.90 Å². The summed E-state index contributed by atoms with van der Waals surface area (Å²) in [6.07, 6.45) is 1.75. The number of esters is 1. The molecule has 0 aliphatic carbocycles. The van der Waals surface area contributed by atoms with Crippen LogP contribution in [0.25, 0.3) is 0 Å². The first-order chi connectivity index (χ1) is 9.31. The number of likely N-dealkylation sites (N-methyl/N-ethyl adjacent to an activating group) is 1. The molecule has 0 N–H and O–H groups in total. The summed E-state index contributed by atoms with van der Waals surface area (Å²) in [5.74, 6) is -0.125. The van der Waals surface area contributed by atoms with Gasteiger partial charge in [0.05, 0.1) is 0 Å². The number of carbonyl (C=O) groups is 1. The zero-order valence-electron chi connectivity index (χ0n) is 13.2. The molecule has 3 heteroatoms. The molecular formula is C17H25NO2. The fourth-order valence-corrected chi connectivity index (χ4v) is 2.86. The van der Waals surface area contributed by atoms with Crippen molar-refractivity contribution < 1.29 is 9.53 Å². The van der Waals surface area contributed by atoms with Crippen molar-refractivity contribution in [1.29, 1.82) is 0 Å². The highest BCUT2D eigenvalue weighted by atomic mass is 16.6. The van der Waals surface area contributed by atoms with Gasteiger partial charge in [0.25, 0.3) is 0 Å². The molecule has 0 radical (unpaired) electrons. The Labute approximate surface area is 121 Å². The summed E-state index contributed by atoms with van der Waals surface area (Å²) < 4.78 is 5.69. The first kappa shape index (κ1) is 15.0. The number of hydrogen-bond acceptors (Lipinski definition) is 3. The molecule has 0 bridgehead atoms. The van der Waals surface area contributed by atoms with E-state index < -0.39 is 11.1 Å². The third-order valence-electron chi connectivity index (χ3n) is 4.04. The minimum absolute atomic E-state index is 0.125. The molecule has 110 valence electrons. The van der Waals surface area contributed by atoms with Gasteiger partial charge in [-0.2, -0.15) is 0 Å². The van der Waals surface area contributed by atoms with Crippen LogP contribution in [-0.2, 0) is 21.5 Å². The lowest BCUT2D eigenvalue weighted by Gasteiger charge is -2.50. The van der Waals surface area contributed by atoms with Gasteiger partial charge in [-0.1, -0.05) is 31.2 Å². The Balaban J connectivity index is 2.43. The van der Waals surface area contributed by atoms with E-state index in [0.29, 0.717) is 0 Å². The molecule has 0 amide bonds. The molecule has 1 fully saturated rings. The number of hydrogen-bond donors (Lipinski definition) is 0. The van der Waals surface area contributed by atoms with Crippen molar-refractivity contribution in [2.75, 3.05) is 13.6 Å². The minimum atomic E-state index is -0.597. The van der Waals surface area contributed by atoms with Crippen LogP contribution in [0, 0.1) is 0 Å². The van der Waals surface area contributed by atoms with Crippen LogP contribution in [0.15, 0.2) is 24.3 Å². The van der Waals surface area contributed by atoms with Crippen LogP contribution in [-0.4, -0.2) is 30.1 Å². The highest BCUT2D eigenvalue weighted by Crippen LogP contribution is 2.42. The molecule has 1 saturated heterocycles. The zero-order valence-corrected chi connectivity index (χ0v) is 13.2. The van der Waals surface area contributed by atoms with Crippen LogP contribution in [0.4, 0.5) is 0 Å². The Hall–Kier alpha value is -1.35. The Bertz CT molecular complexity index is 504. The molecule has 1 aromatic rings. The van der Waals surface area contributed by atoms with Crippen LogP contribution in [0.5, 0.6) is 0 Å². The first-order valence-corrected chi connectivity index (χ1v) is 7.34. The second-order valence-corrected chi connectivity index (χ2v) is 6.54. The normalized spacial score (nSPS) is 23.2. The van der Waals surface area contributed by atoms with Crippen molar-refractivity contribution in [2.24, 2.45) is 0 Å². The molecule has 20 heavy (non-hydrogen) atoms. The maximum Gasteiger partial charge on any atom is 0.331 e. The maximum absolute atomic E-state index is 12.8. The summed E-state index contributed by atoms with van der Waals surface area (Å²) in [5, 5.41) is 0.